The van der Waals surface area contributed by atoms with Gasteiger partial charge in [-0.15, -0.1) is 0 Å². The molecule has 2 unspecified atom stereocenters. The van der Waals surface area contributed by atoms with Gasteiger partial charge in [-0.3, -0.25) is 4.90 Å². The van der Waals surface area contributed by atoms with Crippen molar-refractivity contribution in [2.75, 3.05) is 33.2 Å². The van der Waals surface area contributed by atoms with Gasteiger partial charge in [-0.1, -0.05) is 0 Å². The maximum atomic E-state index is 3.62. The van der Waals surface area contributed by atoms with Crippen molar-refractivity contribution in [2.24, 2.45) is 0 Å². The molecule has 16 heavy (non-hydrogen) atoms. The minimum Gasteiger partial charge on any atom is -0.313 e. The summed E-state index contributed by atoms with van der Waals surface area (Å²) in [5.74, 6) is 0. The van der Waals surface area contributed by atoms with E-state index < -0.39 is 0 Å². The predicted molar refractivity (Wildman–Crippen MR) is 66.7 cm³/mol. The molecule has 3 aliphatic rings. The van der Waals surface area contributed by atoms with Crippen LogP contribution in [-0.2, 0) is 0 Å². The number of hydrogen-bond donors (Lipinski definition) is 1. The van der Waals surface area contributed by atoms with E-state index in [0.717, 1.165) is 18.1 Å². The minimum atomic E-state index is 0.780. The van der Waals surface area contributed by atoms with Gasteiger partial charge < -0.3 is 10.2 Å². The Morgan fingerprint density at radius 2 is 2.00 bits per heavy atom. The lowest BCUT2D eigenvalue weighted by molar-refractivity contribution is 0.208. The maximum Gasteiger partial charge on any atom is 0.0223 e. The lowest BCUT2D eigenvalue weighted by Gasteiger charge is -2.27. The van der Waals surface area contributed by atoms with Gasteiger partial charge in [0, 0.05) is 31.2 Å². The van der Waals surface area contributed by atoms with Crippen LogP contribution in [0.2, 0.25) is 0 Å². The average molecular weight is 223 g/mol. The highest BCUT2D eigenvalue weighted by Crippen LogP contribution is 2.28. The summed E-state index contributed by atoms with van der Waals surface area (Å²) in [4.78, 5) is 5.35. The van der Waals surface area contributed by atoms with Gasteiger partial charge in [0.2, 0.25) is 0 Å². The molecule has 0 aliphatic carbocycles. The van der Waals surface area contributed by atoms with Crippen molar-refractivity contribution in [1.82, 2.24) is 15.1 Å². The van der Waals surface area contributed by atoms with E-state index >= 15 is 0 Å². The van der Waals surface area contributed by atoms with E-state index in [2.05, 4.69) is 22.2 Å². The molecule has 1 N–H and O–H groups in total. The van der Waals surface area contributed by atoms with E-state index in [9.17, 15) is 0 Å². The molecule has 3 saturated heterocycles. The van der Waals surface area contributed by atoms with E-state index in [1.165, 1.54) is 58.3 Å². The summed E-state index contributed by atoms with van der Waals surface area (Å²) < 4.78 is 0. The number of hydrogen-bond acceptors (Lipinski definition) is 3. The molecule has 0 aromatic rings. The standard InChI is InChI=1S/C13H25N3/c1-15-12-4-5-13(15)10-16(8-6-12)9-11-3-2-7-14-11/h11-14H,2-10H2,1H3/t11-,12?,13?/m1/s1. The van der Waals surface area contributed by atoms with Gasteiger partial charge in [0.1, 0.15) is 0 Å². The molecule has 92 valence electrons. The first kappa shape index (κ1) is 11.0. The van der Waals surface area contributed by atoms with Gasteiger partial charge in [0.25, 0.3) is 0 Å². The number of fused-ring (bicyclic) bond motifs is 2. The van der Waals surface area contributed by atoms with Crippen LogP contribution < -0.4 is 5.32 Å². The second-order valence-corrected chi connectivity index (χ2v) is 5.89. The van der Waals surface area contributed by atoms with Crippen LogP contribution >= 0.6 is 0 Å². The van der Waals surface area contributed by atoms with Gasteiger partial charge in [-0.05, 0) is 52.2 Å². The van der Waals surface area contributed by atoms with Crippen LogP contribution in [-0.4, -0.2) is 61.2 Å². The van der Waals surface area contributed by atoms with Crippen molar-refractivity contribution in [2.45, 2.75) is 50.2 Å². The summed E-state index contributed by atoms with van der Waals surface area (Å²) in [6.45, 7) is 5.16. The highest BCUT2D eigenvalue weighted by molar-refractivity contribution is 4.92. The number of nitrogens with zero attached hydrogens (tertiary/aromatic N) is 2. The van der Waals surface area contributed by atoms with Crippen LogP contribution in [0.4, 0.5) is 0 Å². The molecular formula is C13H25N3. The Hall–Kier alpha value is -0.120. The average Bonchev–Trinajstić information content (AvgIpc) is 2.82. The molecule has 0 aromatic heterocycles. The van der Waals surface area contributed by atoms with Gasteiger partial charge in [0.15, 0.2) is 0 Å². The van der Waals surface area contributed by atoms with Gasteiger partial charge in [-0.25, -0.2) is 0 Å². The summed E-state index contributed by atoms with van der Waals surface area (Å²) in [6, 6.07) is 2.50. The fraction of sp³-hybridized carbons (Fsp3) is 1.00. The molecule has 3 fully saturated rings. The van der Waals surface area contributed by atoms with Crippen molar-refractivity contribution in [3.63, 3.8) is 0 Å². The van der Waals surface area contributed by atoms with Crippen molar-refractivity contribution >= 4 is 0 Å². The zero-order valence-corrected chi connectivity index (χ0v) is 10.5. The largest absolute Gasteiger partial charge is 0.313 e. The second kappa shape index (κ2) is 4.63. The molecule has 2 bridgehead atoms. The highest BCUT2D eigenvalue weighted by atomic mass is 15.3. The Bertz CT molecular complexity index is 237. The predicted octanol–water partition coefficient (Wildman–Crippen LogP) is 0.907. The van der Waals surface area contributed by atoms with Crippen molar-refractivity contribution in [3.05, 3.63) is 0 Å². The van der Waals surface area contributed by atoms with Gasteiger partial charge >= 0.3 is 0 Å². The summed E-state index contributed by atoms with van der Waals surface area (Å²) in [5, 5.41) is 3.62. The lowest BCUT2D eigenvalue weighted by Crippen LogP contribution is -2.42. The van der Waals surface area contributed by atoms with E-state index in [4.69, 9.17) is 0 Å². The molecular weight excluding hydrogens is 198 g/mol. The third-order valence-corrected chi connectivity index (χ3v) is 4.87. The van der Waals surface area contributed by atoms with Crippen LogP contribution in [0, 0.1) is 0 Å². The van der Waals surface area contributed by atoms with Crippen molar-refractivity contribution in [1.29, 1.82) is 0 Å². The van der Waals surface area contributed by atoms with Crippen molar-refractivity contribution < 1.29 is 0 Å². The topological polar surface area (TPSA) is 18.5 Å². The molecule has 3 nitrogen and oxygen atoms in total. The summed E-state index contributed by atoms with van der Waals surface area (Å²) in [5.41, 5.74) is 0. The second-order valence-electron chi connectivity index (χ2n) is 5.89. The van der Waals surface area contributed by atoms with Crippen LogP contribution in [0.5, 0.6) is 0 Å². The zero-order valence-electron chi connectivity index (χ0n) is 10.5. The minimum absolute atomic E-state index is 0.780. The number of nitrogens with one attached hydrogen (secondary N) is 1. The SMILES string of the molecule is CN1C2CCC1CN(C[C@H]1CCCN1)CC2. The third-order valence-electron chi connectivity index (χ3n) is 4.87. The van der Waals surface area contributed by atoms with Crippen LogP contribution in [0.1, 0.15) is 32.1 Å². The fourth-order valence-corrected chi connectivity index (χ4v) is 3.77. The van der Waals surface area contributed by atoms with Gasteiger partial charge in [-0.2, -0.15) is 0 Å². The Morgan fingerprint density at radius 1 is 1.12 bits per heavy atom. The Labute approximate surface area is 99.2 Å². The Morgan fingerprint density at radius 3 is 2.81 bits per heavy atom. The first-order valence-corrected chi connectivity index (χ1v) is 7.00. The first-order chi connectivity index (χ1) is 7.83. The third kappa shape index (κ3) is 2.13. The zero-order chi connectivity index (χ0) is 11.0. The molecule has 3 atom stereocenters. The van der Waals surface area contributed by atoms with Crippen LogP contribution in [0.25, 0.3) is 0 Å². The number of likely N-dealkylation sites (N-methyl/N-ethyl adjacent to an activating group) is 1. The molecule has 0 amide bonds. The summed E-state index contributed by atoms with van der Waals surface area (Å²) in [7, 11) is 2.33. The molecule has 0 spiro atoms. The Kier molecular flexibility index (Phi) is 3.18. The van der Waals surface area contributed by atoms with E-state index in [1.807, 2.05) is 0 Å². The smallest absolute Gasteiger partial charge is 0.0223 e. The quantitative estimate of drug-likeness (QED) is 0.750. The van der Waals surface area contributed by atoms with E-state index in [1.54, 1.807) is 0 Å². The van der Waals surface area contributed by atoms with Gasteiger partial charge in [0.05, 0.1) is 0 Å². The van der Waals surface area contributed by atoms with E-state index in [-0.39, 0.29) is 0 Å². The normalized spacial score (nSPS) is 41.4. The molecule has 0 radical (unpaired) electrons. The number of rotatable bonds is 2. The number of likely N-dealkylation sites (tertiary alicyclic amines) is 1. The first-order valence-electron chi connectivity index (χ1n) is 7.00. The molecule has 3 heterocycles. The van der Waals surface area contributed by atoms with E-state index in [0.29, 0.717) is 0 Å². The van der Waals surface area contributed by atoms with Crippen LogP contribution in [0.15, 0.2) is 0 Å². The maximum absolute atomic E-state index is 3.62. The molecule has 3 rings (SSSR count). The molecule has 0 aromatic carbocycles. The molecule has 0 saturated carbocycles. The Balaban J connectivity index is 1.56. The van der Waals surface area contributed by atoms with Crippen molar-refractivity contribution in [3.8, 4) is 0 Å². The lowest BCUT2D eigenvalue weighted by atomic mass is 10.1. The van der Waals surface area contributed by atoms with Crippen LogP contribution in [0.3, 0.4) is 0 Å². The fourth-order valence-electron chi connectivity index (χ4n) is 3.77. The molecule has 3 heteroatoms. The monoisotopic (exact) mass is 223 g/mol. The summed E-state index contributed by atoms with van der Waals surface area (Å²) in [6.07, 6.45) is 7.02. The molecule has 3 aliphatic heterocycles. The highest BCUT2D eigenvalue weighted by Gasteiger charge is 2.35. The summed E-state index contributed by atoms with van der Waals surface area (Å²) >= 11 is 0.